The van der Waals surface area contributed by atoms with Crippen molar-refractivity contribution in [3.8, 4) is 5.75 Å². The lowest BCUT2D eigenvalue weighted by atomic mass is 10.1. The summed E-state index contributed by atoms with van der Waals surface area (Å²) < 4.78 is 7.63. The molecular formula is C17H23N3O. The molecule has 0 unspecified atom stereocenters. The fraction of sp³-hybridized carbons (Fsp3) is 0.471. The number of rotatable bonds is 4. The number of nitrogens with zero attached hydrogens (tertiary/aromatic N) is 2. The van der Waals surface area contributed by atoms with Crippen molar-refractivity contribution in [2.75, 3.05) is 11.9 Å². The van der Waals surface area contributed by atoms with E-state index < -0.39 is 0 Å². The Kier molecular flexibility index (Phi) is 3.62. The number of nitrogens with one attached hydrogen (secondary N) is 1. The van der Waals surface area contributed by atoms with Crippen LogP contribution in [0.5, 0.6) is 5.75 Å². The average Bonchev–Trinajstić information content (AvgIpc) is 3.01. The first-order chi connectivity index (χ1) is 10.1. The lowest BCUT2D eigenvalue weighted by Crippen LogP contribution is -2.06. The molecule has 0 atom stereocenters. The van der Waals surface area contributed by atoms with Gasteiger partial charge in [0, 0.05) is 19.0 Å². The second-order valence-corrected chi connectivity index (χ2v) is 5.98. The molecule has 0 amide bonds. The first-order valence-corrected chi connectivity index (χ1v) is 7.60. The Morgan fingerprint density at radius 2 is 2.14 bits per heavy atom. The molecule has 4 heteroatoms. The molecule has 1 aromatic heterocycles. The van der Waals surface area contributed by atoms with Crippen molar-refractivity contribution in [1.82, 2.24) is 9.78 Å². The fourth-order valence-electron chi connectivity index (χ4n) is 2.96. The molecule has 0 fully saturated rings. The first kappa shape index (κ1) is 14.0. The van der Waals surface area contributed by atoms with Crippen molar-refractivity contribution in [3.63, 3.8) is 0 Å². The second-order valence-electron chi connectivity index (χ2n) is 5.98. The molecule has 1 N–H and O–H groups in total. The SMILES string of the molecule is Cc1nn(C(C)C)c(C)c1NCc1ccc2c(c1)CCO2. The maximum absolute atomic E-state index is 5.55. The van der Waals surface area contributed by atoms with Gasteiger partial charge >= 0.3 is 0 Å². The largest absolute Gasteiger partial charge is 0.493 e. The highest BCUT2D eigenvalue weighted by Crippen LogP contribution is 2.27. The molecule has 0 saturated heterocycles. The van der Waals surface area contributed by atoms with Crippen LogP contribution in [0.2, 0.25) is 0 Å². The van der Waals surface area contributed by atoms with Gasteiger partial charge in [0.05, 0.1) is 23.7 Å². The van der Waals surface area contributed by atoms with Crippen LogP contribution in [0.3, 0.4) is 0 Å². The summed E-state index contributed by atoms with van der Waals surface area (Å²) in [4.78, 5) is 0. The Balaban J connectivity index is 1.76. The lowest BCUT2D eigenvalue weighted by molar-refractivity contribution is 0.357. The highest BCUT2D eigenvalue weighted by molar-refractivity contribution is 5.53. The van der Waals surface area contributed by atoms with E-state index in [0.717, 1.165) is 36.7 Å². The summed E-state index contributed by atoms with van der Waals surface area (Å²) in [5.74, 6) is 1.04. The number of aromatic nitrogens is 2. The van der Waals surface area contributed by atoms with Gasteiger partial charge in [-0.05, 0) is 44.9 Å². The van der Waals surface area contributed by atoms with Crippen LogP contribution < -0.4 is 10.1 Å². The Morgan fingerprint density at radius 3 is 2.86 bits per heavy atom. The summed E-state index contributed by atoms with van der Waals surface area (Å²) in [6.07, 6.45) is 1.02. The molecule has 1 aliphatic rings. The maximum atomic E-state index is 5.55. The molecule has 0 radical (unpaired) electrons. The van der Waals surface area contributed by atoms with Gasteiger partial charge in [0.2, 0.25) is 0 Å². The van der Waals surface area contributed by atoms with Gasteiger partial charge in [-0.2, -0.15) is 5.10 Å². The van der Waals surface area contributed by atoms with Crippen molar-refractivity contribution in [1.29, 1.82) is 0 Å². The van der Waals surface area contributed by atoms with Gasteiger partial charge in [-0.3, -0.25) is 4.68 Å². The minimum absolute atomic E-state index is 0.386. The van der Waals surface area contributed by atoms with Crippen LogP contribution in [0.15, 0.2) is 18.2 Å². The quantitative estimate of drug-likeness (QED) is 0.932. The molecule has 0 saturated carbocycles. The predicted molar refractivity (Wildman–Crippen MR) is 85.1 cm³/mol. The topological polar surface area (TPSA) is 39.1 Å². The van der Waals surface area contributed by atoms with E-state index >= 15 is 0 Å². The molecule has 4 nitrogen and oxygen atoms in total. The molecule has 0 aliphatic carbocycles. The Bertz CT molecular complexity index is 658. The molecule has 0 bridgehead atoms. The van der Waals surface area contributed by atoms with Crippen molar-refractivity contribution in [3.05, 3.63) is 40.7 Å². The van der Waals surface area contributed by atoms with E-state index in [1.165, 1.54) is 16.8 Å². The summed E-state index contributed by atoms with van der Waals surface area (Å²) in [5, 5.41) is 8.15. The molecule has 21 heavy (non-hydrogen) atoms. The third-order valence-corrected chi connectivity index (χ3v) is 4.04. The number of aryl methyl sites for hydroxylation is 1. The van der Waals surface area contributed by atoms with Gasteiger partial charge in [-0.25, -0.2) is 0 Å². The van der Waals surface area contributed by atoms with Gasteiger partial charge < -0.3 is 10.1 Å². The molecule has 2 aromatic rings. The molecule has 0 spiro atoms. The molecule has 3 rings (SSSR count). The molecule has 112 valence electrons. The van der Waals surface area contributed by atoms with E-state index in [2.05, 4.69) is 61.0 Å². The summed E-state index contributed by atoms with van der Waals surface area (Å²) in [6.45, 7) is 10.1. The Morgan fingerprint density at radius 1 is 1.33 bits per heavy atom. The van der Waals surface area contributed by atoms with Crippen LogP contribution in [0.1, 0.15) is 42.4 Å². The van der Waals surface area contributed by atoms with Crippen LogP contribution >= 0.6 is 0 Å². The van der Waals surface area contributed by atoms with Crippen molar-refractivity contribution in [2.45, 2.75) is 46.7 Å². The van der Waals surface area contributed by atoms with E-state index in [4.69, 9.17) is 4.74 Å². The van der Waals surface area contributed by atoms with Crippen LogP contribution in [-0.4, -0.2) is 16.4 Å². The third kappa shape index (κ3) is 2.62. The number of hydrogen-bond acceptors (Lipinski definition) is 3. The minimum Gasteiger partial charge on any atom is -0.493 e. The highest BCUT2D eigenvalue weighted by atomic mass is 16.5. The van der Waals surface area contributed by atoms with E-state index in [9.17, 15) is 0 Å². The molecule has 1 aromatic carbocycles. The highest BCUT2D eigenvalue weighted by Gasteiger charge is 2.14. The zero-order valence-corrected chi connectivity index (χ0v) is 13.2. The van der Waals surface area contributed by atoms with Gasteiger partial charge in [-0.15, -0.1) is 0 Å². The van der Waals surface area contributed by atoms with Crippen LogP contribution in [0.4, 0.5) is 5.69 Å². The molecule has 1 aliphatic heterocycles. The summed E-state index contributed by atoms with van der Waals surface area (Å²) in [7, 11) is 0. The van der Waals surface area contributed by atoms with E-state index in [-0.39, 0.29) is 0 Å². The first-order valence-electron chi connectivity index (χ1n) is 7.60. The van der Waals surface area contributed by atoms with Gasteiger partial charge in [0.25, 0.3) is 0 Å². The van der Waals surface area contributed by atoms with Crippen molar-refractivity contribution < 1.29 is 4.74 Å². The Labute approximate surface area is 126 Å². The molecular weight excluding hydrogens is 262 g/mol. The van der Waals surface area contributed by atoms with Gasteiger partial charge in [0.15, 0.2) is 0 Å². The number of anilines is 1. The number of hydrogen-bond donors (Lipinski definition) is 1. The third-order valence-electron chi connectivity index (χ3n) is 4.04. The summed E-state index contributed by atoms with van der Waals surface area (Å²) in [6, 6.07) is 6.84. The number of fused-ring (bicyclic) bond motifs is 1. The van der Waals surface area contributed by atoms with Crippen molar-refractivity contribution >= 4 is 5.69 Å². The molecule has 2 heterocycles. The van der Waals surface area contributed by atoms with E-state index in [1.807, 2.05) is 0 Å². The zero-order chi connectivity index (χ0) is 15.0. The minimum atomic E-state index is 0.386. The van der Waals surface area contributed by atoms with Crippen molar-refractivity contribution in [2.24, 2.45) is 0 Å². The van der Waals surface area contributed by atoms with Gasteiger partial charge in [0.1, 0.15) is 5.75 Å². The smallest absolute Gasteiger partial charge is 0.122 e. The normalized spacial score (nSPS) is 13.4. The van der Waals surface area contributed by atoms with E-state index in [0.29, 0.717) is 6.04 Å². The average molecular weight is 285 g/mol. The number of benzene rings is 1. The standard InChI is InChI=1S/C17H23N3O/c1-11(2)20-13(4)17(12(3)19-20)18-10-14-5-6-16-15(9-14)7-8-21-16/h5-6,9,11,18H,7-8,10H2,1-4H3. The summed E-state index contributed by atoms with van der Waals surface area (Å²) in [5.41, 5.74) is 6.02. The van der Waals surface area contributed by atoms with E-state index in [1.54, 1.807) is 0 Å². The fourth-order valence-corrected chi connectivity index (χ4v) is 2.96. The Hall–Kier alpha value is -1.97. The lowest BCUT2D eigenvalue weighted by Gasteiger charge is -2.10. The summed E-state index contributed by atoms with van der Waals surface area (Å²) >= 11 is 0. The van der Waals surface area contributed by atoms with Gasteiger partial charge in [-0.1, -0.05) is 12.1 Å². The predicted octanol–water partition coefficient (Wildman–Crippen LogP) is 3.63. The van der Waals surface area contributed by atoms with Crippen LogP contribution in [0.25, 0.3) is 0 Å². The van der Waals surface area contributed by atoms with Crippen LogP contribution in [-0.2, 0) is 13.0 Å². The monoisotopic (exact) mass is 285 g/mol. The number of ether oxygens (including phenoxy) is 1. The maximum Gasteiger partial charge on any atom is 0.122 e. The zero-order valence-electron chi connectivity index (χ0n) is 13.2. The second kappa shape index (κ2) is 5.43. The van der Waals surface area contributed by atoms with Crippen LogP contribution in [0, 0.1) is 13.8 Å².